The Morgan fingerprint density at radius 3 is 2.10 bits per heavy atom. The molecule has 0 heterocycles. The fourth-order valence-electron chi connectivity index (χ4n) is 1.46. The van der Waals surface area contributed by atoms with Crippen LogP contribution in [-0.4, -0.2) is 6.21 Å². The number of alkyl halides is 3. The maximum atomic E-state index is 12.4. The van der Waals surface area contributed by atoms with E-state index >= 15 is 0 Å². The zero-order valence-corrected chi connectivity index (χ0v) is 10.9. The molecule has 0 aromatic heterocycles. The van der Waals surface area contributed by atoms with Crippen LogP contribution in [0, 0.1) is 0 Å². The lowest BCUT2D eigenvalue weighted by atomic mass is 10.1. The van der Waals surface area contributed by atoms with Crippen molar-refractivity contribution in [3.8, 4) is 0 Å². The molecule has 0 fully saturated rings. The van der Waals surface area contributed by atoms with Crippen LogP contribution in [0.15, 0.2) is 53.6 Å². The van der Waals surface area contributed by atoms with Gasteiger partial charge in [-0.3, -0.25) is 5.43 Å². The number of rotatable bonds is 3. The molecule has 2 nitrogen and oxygen atoms in total. The Hall–Kier alpha value is -2.01. The molecule has 0 radical (unpaired) electrons. The second kappa shape index (κ2) is 5.96. The molecule has 0 aliphatic rings. The number of halogens is 4. The zero-order valence-electron chi connectivity index (χ0n) is 10.2. The number of nitrogens with one attached hydrogen (secondary N) is 1. The van der Waals surface area contributed by atoms with Gasteiger partial charge in [0, 0.05) is 5.02 Å². The molecule has 0 aliphatic carbocycles. The third-order valence-corrected chi connectivity index (χ3v) is 2.74. The van der Waals surface area contributed by atoms with Crippen LogP contribution in [0.3, 0.4) is 0 Å². The van der Waals surface area contributed by atoms with Crippen molar-refractivity contribution in [3.05, 3.63) is 64.7 Å². The predicted molar refractivity (Wildman–Crippen MR) is 74.1 cm³/mol. The van der Waals surface area contributed by atoms with Gasteiger partial charge in [-0.1, -0.05) is 23.7 Å². The van der Waals surface area contributed by atoms with Crippen molar-refractivity contribution in [3.63, 3.8) is 0 Å². The van der Waals surface area contributed by atoms with E-state index in [2.05, 4.69) is 10.5 Å². The minimum atomic E-state index is -4.32. The van der Waals surface area contributed by atoms with Gasteiger partial charge in [-0.15, -0.1) is 0 Å². The summed E-state index contributed by atoms with van der Waals surface area (Å²) in [6.45, 7) is 0. The zero-order chi connectivity index (χ0) is 14.6. The lowest BCUT2D eigenvalue weighted by Crippen LogP contribution is -2.04. The van der Waals surface area contributed by atoms with Gasteiger partial charge in [0.2, 0.25) is 0 Å². The summed E-state index contributed by atoms with van der Waals surface area (Å²) in [6, 6.07) is 11.6. The van der Waals surface area contributed by atoms with Crippen molar-refractivity contribution < 1.29 is 13.2 Å². The van der Waals surface area contributed by atoms with Gasteiger partial charge in [0.05, 0.1) is 17.5 Å². The van der Waals surface area contributed by atoms with E-state index < -0.39 is 11.7 Å². The molecule has 0 saturated heterocycles. The molecule has 0 bridgehead atoms. The molecule has 0 amide bonds. The van der Waals surface area contributed by atoms with Gasteiger partial charge in [-0.25, -0.2) is 0 Å². The Balaban J connectivity index is 1.99. The minimum Gasteiger partial charge on any atom is -0.279 e. The third kappa shape index (κ3) is 3.99. The first-order valence-electron chi connectivity index (χ1n) is 5.67. The highest BCUT2D eigenvalue weighted by atomic mass is 35.5. The van der Waals surface area contributed by atoms with Gasteiger partial charge in [-0.2, -0.15) is 18.3 Å². The average Bonchev–Trinajstić information content (AvgIpc) is 2.41. The van der Waals surface area contributed by atoms with Gasteiger partial charge < -0.3 is 0 Å². The summed E-state index contributed by atoms with van der Waals surface area (Å²) in [7, 11) is 0. The van der Waals surface area contributed by atoms with Crippen molar-refractivity contribution in [2.24, 2.45) is 5.10 Å². The molecule has 0 spiro atoms. The second-order valence-electron chi connectivity index (χ2n) is 4.00. The number of benzene rings is 2. The summed E-state index contributed by atoms with van der Waals surface area (Å²) in [5.74, 6) is 0. The molecular formula is C14H10ClF3N2. The lowest BCUT2D eigenvalue weighted by molar-refractivity contribution is -0.137. The van der Waals surface area contributed by atoms with Crippen molar-refractivity contribution in [1.82, 2.24) is 0 Å². The number of anilines is 1. The number of hydrogen-bond acceptors (Lipinski definition) is 2. The normalized spacial score (nSPS) is 11.8. The van der Waals surface area contributed by atoms with Gasteiger partial charge in [0.25, 0.3) is 0 Å². The van der Waals surface area contributed by atoms with Crippen LogP contribution in [0.5, 0.6) is 0 Å². The predicted octanol–water partition coefficient (Wildman–Crippen LogP) is 4.80. The molecular weight excluding hydrogens is 289 g/mol. The number of hydrazone groups is 1. The molecule has 2 aromatic rings. The van der Waals surface area contributed by atoms with Crippen molar-refractivity contribution in [1.29, 1.82) is 0 Å². The minimum absolute atomic E-state index is 0.569. The molecule has 20 heavy (non-hydrogen) atoms. The molecule has 104 valence electrons. The van der Waals surface area contributed by atoms with E-state index in [4.69, 9.17) is 11.6 Å². The standard InChI is InChI=1S/C14H10ClF3N2/c15-12-5-7-13(8-6-12)20-19-9-10-1-3-11(4-2-10)14(16,17)18/h1-9,20H/b19-9-. The first kappa shape index (κ1) is 14.4. The van der Waals surface area contributed by atoms with Crippen molar-refractivity contribution >= 4 is 23.5 Å². The highest BCUT2D eigenvalue weighted by Crippen LogP contribution is 2.28. The smallest absolute Gasteiger partial charge is 0.279 e. The van der Waals surface area contributed by atoms with E-state index in [-0.39, 0.29) is 0 Å². The van der Waals surface area contributed by atoms with Crippen molar-refractivity contribution in [2.45, 2.75) is 6.18 Å². The first-order chi connectivity index (χ1) is 9.45. The molecule has 0 atom stereocenters. The summed E-state index contributed by atoms with van der Waals surface area (Å²) >= 11 is 5.74. The van der Waals surface area contributed by atoms with Gasteiger partial charge in [0.1, 0.15) is 0 Å². The number of hydrogen-bond donors (Lipinski definition) is 1. The summed E-state index contributed by atoms with van der Waals surface area (Å²) in [6.07, 6.45) is -2.88. The Bertz CT molecular complexity index is 589. The maximum Gasteiger partial charge on any atom is 0.416 e. The van der Waals surface area contributed by atoms with E-state index in [1.165, 1.54) is 18.3 Å². The fourth-order valence-corrected chi connectivity index (χ4v) is 1.59. The van der Waals surface area contributed by atoms with E-state index in [1.54, 1.807) is 24.3 Å². The van der Waals surface area contributed by atoms with E-state index in [0.717, 1.165) is 17.8 Å². The molecule has 0 unspecified atom stereocenters. The van der Waals surface area contributed by atoms with Crippen LogP contribution in [0.1, 0.15) is 11.1 Å². The van der Waals surface area contributed by atoms with Gasteiger partial charge in [0.15, 0.2) is 0 Å². The van der Waals surface area contributed by atoms with Crippen LogP contribution < -0.4 is 5.43 Å². The molecule has 2 aromatic carbocycles. The summed E-state index contributed by atoms with van der Waals surface area (Å²) in [5.41, 5.74) is 3.38. The fraction of sp³-hybridized carbons (Fsp3) is 0.0714. The Labute approximate surface area is 118 Å². The Kier molecular flexibility index (Phi) is 4.29. The topological polar surface area (TPSA) is 24.4 Å². The second-order valence-corrected chi connectivity index (χ2v) is 4.43. The van der Waals surface area contributed by atoms with Gasteiger partial charge >= 0.3 is 6.18 Å². The Morgan fingerprint density at radius 1 is 0.950 bits per heavy atom. The van der Waals surface area contributed by atoms with Gasteiger partial charge in [-0.05, 0) is 42.0 Å². The maximum absolute atomic E-state index is 12.4. The van der Waals surface area contributed by atoms with Crippen LogP contribution in [0.2, 0.25) is 5.02 Å². The summed E-state index contributed by atoms with van der Waals surface area (Å²) in [5, 5.41) is 4.55. The van der Waals surface area contributed by atoms with E-state index in [1.807, 2.05) is 0 Å². The molecule has 6 heteroatoms. The number of nitrogens with zero attached hydrogens (tertiary/aromatic N) is 1. The monoisotopic (exact) mass is 298 g/mol. The van der Waals surface area contributed by atoms with E-state index in [0.29, 0.717) is 10.6 Å². The largest absolute Gasteiger partial charge is 0.416 e. The van der Waals surface area contributed by atoms with Crippen LogP contribution in [0.25, 0.3) is 0 Å². The Morgan fingerprint density at radius 2 is 1.55 bits per heavy atom. The van der Waals surface area contributed by atoms with Crippen LogP contribution in [0.4, 0.5) is 18.9 Å². The van der Waals surface area contributed by atoms with Crippen LogP contribution >= 0.6 is 11.6 Å². The lowest BCUT2D eigenvalue weighted by Gasteiger charge is -2.05. The highest BCUT2D eigenvalue weighted by Gasteiger charge is 2.29. The third-order valence-electron chi connectivity index (χ3n) is 2.49. The quantitative estimate of drug-likeness (QED) is 0.638. The van der Waals surface area contributed by atoms with Crippen LogP contribution in [-0.2, 0) is 6.18 Å². The molecule has 2 rings (SSSR count). The SMILES string of the molecule is FC(F)(F)c1ccc(/C=N\Nc2ccc(Cl)cc2)cc1. The molecule has 0 saturated carbocycles. The molecule has 1 N–H and O–H groups in total. The summed E-state index contributed by atoms with van der Waals surface area (Å²) in [4.78, 5) is 0. The highest BCUT2D eigenvalue weighted by molar-refractivity contribution is 6.30. The average molecular weight is 299 g/mol. The van der Waals surface area contributed by atoms with E-state index in [9.17, 15) is 13.2 Å². The summed E-state index contributed by atoms with van der Waals surface area (Å²) < 4.78 is 37.1. The van der Waals surface area contributed by atoms with Crippen molar-refractivity contribution in [2.75, 3.05) is 5.43 Å². The first-order valence-corrected chi connectivity index (χ1v) is 6.05. The molecule has 0 aliphatic heterocycles.